The van der Waals surface area contributed by atoms with Gasteiger partial charge in [0, 0.05) is 33.2 Å². The first-order chi connectivity index (χ1) is 10.8. The van der Waals surface area contributed by atoms with Crippen LogP contribution in [0, 0.1) is 5.92 Å². The second-order valence-electron chi connectivity index (χ2n) is 6.34. The minimum atomic E-state index is -3.38. The molecule has 23 heavy (non-hydrogen) atoms. The van der Waals surface area contributed by atoms with E-state index < -0.39 is 21.7 Å². The molecule has 1 aromatic rings. The van der Waals surface area contributed by atoms with Crippen molar-refractivity contribution in [2.24, 2.45) is 5.92 Å². The number of nitrogens with one attached hydrogen (secondary N) is 1. The quantitative estimate of drug-likeness (QED) is 0.794. The van der Waals surface area contributed by atoms with Crippen LogP contribution in [0.15, 0.2) is 4.52 Å². The van der Waals surface area contributed by atoms with Gasteiger partial charge in [0.05, 0.1) is 6.26 Å². The van der Waals surface area contributed by atoms with Crippen LogP contribution in [-0.2, 0) is 25.1 Å². The van der Waals surface area contributed by atoms with Gasteiger partial charge in [0.15, 0.2) is 0 Å². The largest absolute Gasteiger partial charge is 0.381 e. The molecule has 0 bridgehead atoms. The molecule has 0 aliphatic carbocycles. The zero-order chi connectivity index (χ0) is 17.1. The zero-order valence-electron chi connectivity index (χ0n) is 14.0. The van der Waals surface area contributed by atoms with Crippen LogP contribution >= 0.6 is 0 Å². The molecule has 1 aliphatic heterocycles. The molecule has 0 saturated carbocycles. The van der Waals surface area contributed by atoms with E-state index in [4.69, 9.17) is 14.0 Å². The number of hydrogen-bond donors (Lipinski definition) is 1. The average Bonchev–Trinajstić information content (AvgIpc) is 2.96. The Morgan fingerprint density at radius 2 is 2.00 bits per heavy atom. The van der Waals surface area contributed by atoms with Crippen LogP contribution in [0.4, 0.5) is 0 Å². The minimum absolute atomic E-state index is 0.266. The molecular weight excluding hydrogens is 322 g/mol. The van der Waals surface area contributed by atoms with Crippen molar-refractivity contribution in [3.05, 3.63) is 11.7 Å². The highest BCUT2D eigenvalue weighted by molar-refractivity contribution is 7.88. The summed E-state index contributed by atoms with van der Waals surface area (Å²) in [5.41, 5.74) is -0.631. The Labute approximate surface area is 137 Å². The van der Waals surface area contributed by atoms with E-state index in [0.717, 1.165) is 6.26 Å². The van der Waals surface area contributed by atoms with Gasteiger partial charge in [-0.25, -0.2) is 13.1 Å². The topological polar surface area (TPSA) is 104 Å². The van der Waals surface area contributed by atoms with Gasteiger partial charge in [-0.15, -0.1) is 0 Å². The van der Waals surface area contributed by atoms with Gasteiger partial charge in [0.25, 0.3) is 0 Å². The van der Waals surface area contributed by atoms with E-state index in [-0.39, 0.29) is 11.8 Å². The highest BCUT2D eigenvalue weighted by Crippen LogP contribution is 2.34. The SMILES string of the molecule is COC1(c2noc(C(CC(C)C)NS(C)(=O)=O)n2)CCOCC1. The number of aromatic nitrogens is 2. The normalized spacial score (nSPS) is 19.9. The van der Waals surface area contributed by atoms with Crippen LogP contribution in [-0.4, -0.2) is 45.1 Å². The van der Waals surface area contributed by atoms with Crippen molar-refractivity contribution in [2.75, 3.05) is 26.6 Å². The van der Waals surface area contributed by atoms with Gasteiger partial charge in [0.2, 0.25) is 21.7 Å². The Bertz CT molecular complexity index is 608. The summed E-state index contributed by atoms with van der Waals surface area (Å²) in [4.78, 5) is 4.43. The van der Waals surface area contributed by atoms with Gasteiger partial charge < -0.3 is 14.0 Å². The third kappa shape index (κ3) is 4.72. The van der Waals surface area contributed by atoms with Crippen LogP contribution in [0.25, 0.3) is 0 Å². The Kier molecular flexibility index (Phi) is 5.77. The number of hydrogen-bond acceptors (Lipinski definition) is 7. The molecular formula is C14H25N3O5S. The molecule has 1 atom stereocenters. The van der Waals surface area contributed by atoms with Gasteiger partial charge in [-0.1, -0.05) is 19.0 Å². The van der Waals surface area contributed by atoms with Crippen LogP contribution < -0.4 is 4.72 Å². The van der Waals surface area contributed by atoms with Crippen molar-refractivity contribution in [1.29, 1.82) is 0 Å². The molecule has 0 radical (unpaired) electrons. The smallest absolute Gasteiger partial charge is 0.244 e. The first-order valence-electron chi connectivity index (χ1n) is 7.70. The molecule has 0 spiro atoms. The maximum atomic E-state index is 11.6. The highest BCUT2D eigenvalue weighted by Gasteiger charge is 2.40. The Hall–Kier alpha value is -1.03. The molecule has 8 nitrogen and oxygen atoms in total. The summed E-state index contributed by atoms with van der Waals surface area (Å²) in [5.74, 6) is 0.980. The van der Waals surface area contributed by atoms with E-state index in [1.807, 2.05) is 13.8 Å². The van der Waals surface area contributed by atoms with Crippen LogP contribution in [0.5, 0.6) is 0 Å². The van der Waals surface area contributed by atoms with Crippen LogP contribution in [0.3, 0.4) is 0 Å². The molecule has 2 heterocycles. The molecule has 0 aromatic carbocycles. The van der Waals surface area contributed by atoms with E-state index in [1.54, 1.807) is 7.11 Å². The van der Waals surface area contributed by atoms with E-state index in [2.05, 4.69) is 14.9 Å². The lowest BCUT2D eigenvalue weighted by Crippen LogP contribution is -2.36. The van der Waals surface area contributed by atoms with Crippen molar-refractivity contribution in [2.45, 2.75) is 44.8 Å². The summed E-state index contributed by atoms with van der Waals surface area (Å²) in [6.07, 6.45) is 2.96. The van der Waals surface area contributed by atoms with E-state index in [1.165, 1.54) is 0 Å². The molecule has 1 fully saturated rings. The van der Waals surface area contributed by atoms with E-state index >= 15 is 0 Å². The molecule has 9 heteroatoms. The molecule has 2 rings (SSSR count). The molecule has 0 amide bonds. The molecule has 1 N–H and O–H groups in total. The van der Waals surface area contributed by atoms with Gasteiger partial charge in [-0.2, -0.15) is 4.98 Å². The van der Waals surface area contributed by atoms with Crippen molar-refractivity contribution in [3.8, 4) is 0 Å². The highest BCUT2D eigenvalue weighted by atomic mass is 32.2. The zero-order valence-corrected chi connectivity index (χ0v) is 14.9. The predicted molar refractivity (Wildman–Crippen MR) is 83.2 cm³/mol. The fraction of sp³-hybridized carbons (Fsp3) is 0.857. The maximum absolute atomic E-state index is 11.6. The summed E-state index contributed by atoms with van der Waals surface area (Å²) in [6.45, 7) is 5.14. The van der Waals surface area contributed by atoms with Crippen molar-refractivity contribution in [1.82, 2.24) is 14.9 Å². The Morgan fingerprint density at radius 1 is 1.35 bits per heavy atom. The molecule has 1 aromatic heterocycles. The van der Waals surface area contributed by atoms with Gasteiger partial charge in [0.1, 0.15) is 11.6 Å². The van der Waals surface area contributed by atoms with Crippen LogP contribution in [0.2, 0.25) is 0 Å². The van der Waals surface area contributed by atoms with Gasteiger partial charge in [-0.05, 0) is 12.3 Å². The summed E-state index contributed by atoms with van der Waals surface area (Å²) < 4.78 is 42.1. The third-order valence-electron chi connectivity index (χ3n) is 3.90. The monoisotopic (exact) mass is 347 g/mol. The number of nitrogens with zero attached hydrogens (tertiary/aromatic N) is 2. The summed E-state index contributed by atoms with van der Waals surface area (Å²) in [5, 5.41) is 4.04. The molecule has 1 saturated heterocycles. The van der Waals surface area contributed by atoms with Crippen molar-refractivity contribution in [3.63, 3.8) is 0 Å². The summed E-state index contributed by atoms with van der Waals surface area (Å²) in [7, 11) is -1.77. The molecule has 1 unspecified atom stereocenters. The van der Waals surface area contributed by atoms with Crippen molar-refractivity contribution >= 4 is 10.0 Å². The molecule has 1 aliphatic rings. The van der Waals surface area contributed by atoms with Gasteiger partial charge >= 0.3 is 0 Å². The van der Waals surface area contributed by atoms with Crippen molar-refractivity contribution < 1.29 is 22.4 Å². The number of sulfonamides is 1. The maximum Gasteiger partial charge on any atom is 0.244 e. The standard InChI is InChI=1S/C14H25N3O5S/c1-10(2)9-11(17-23(4,18)19)12-15-13(16-22-12)14(20-3)5-7-21-8-6-14/h10-11,17H,5-9H2,1-4H3. The minimum Gasteiger partial charge on any atom is -0.381 e. The lowest BCUT2D eigenvalue weighted by molar-refractivity contribution is -0.101. The Balaban J connectivity index is 2.26. The van der Waals surface area contributed by atoms with E-state index in [9.17, 15) is 8.42 Å². The second-order valence-corrected chi connectivity index (χ2v) is 8.12. The average molecular weight is 347 g/mol. The third-order valence-corrected chi connectivity index (χ3v) is 4.61. The second kappa shape index (κ2) is 7.25. The number of ether oxygens (including phenoxy) is 2. The summed E-state index contributed by atoms with van der Waals surface area (Å²) >= 11 is 0. The lowest BCUT2D eigenvalue weighted by Gasteiger charge is -2.32. The summed E-state index contributed by atoms with van der Waals surface area (Å²) in [6, 6.07) is -0.542. The van der Waals surface area contributed by atoms with Crippen LogP contribution in [0.1, 0.15) is 50.9 Å². The van der Waals surface area contributed by atoms with E-state index in [0.29, 0.717) is 38.3 Å². The predicted octanol–water partition coefficient (Wildman–Crippen LogP) is 1.36. The lowest BCUT2D eigenvalue weighted by atomic mass is 9.93. The number of methoxy groups -OCH3 is 1. The fourth-order valence-electron chi connectivity index (χ4n) is 2.71. The Morgan fingerprint density at radius 3 is 2.52 bits per heavy atom. The first kappa shape index (κ1) is 18.3. The van der Waals surface area contributed by atoms with Gasteiger partial charge in [-0.3, -0.25) is 0 Å². The molecule has 132 valence electrons. The fourth-order valence-corrected chi connectivity index (χ4v) is 3.42. The number of rotatable bonds is 7. The first-order valence-corrected chi connectivity index (χ1v) is 9.59.